The zero-order valence-corrected chi connectivity index (χ0v) is 18.6. The largest absolute Gasteiger partial charge is 0.481 e. The molecule has 3 aromatic carbocycles. The van der Waals surface area contributed by atoms with Gasteiger partial charge >= 0.3 is 11.7 Å². The Labute approximate surface area is 197 Å². The maximum Gasteiger partial charge on any atom is 0.335 e. The van der Waals surface area contributed by atoms with Crippen molar-refractivity contribution in [3.63, 3.8) is 0 Å². The van der Waals surface area contributed by atoms with E-state index in [4.69, 9.17) is 0 Å². The fourth-order valence-electron chi connectivity index (χ4n) is 4.04. The second-order valence-corrected chi connectivity index (χ2v) is 8.13. The Bertz CT molecular complexity index is 1550. The minimum absolute atomic E-state index is 0.0952. The number of carboxylic acid groups (broad SMARTS) is 1. The number of carboxylic acids is 1. The van der Waals surface area contributed by atoms with Gasteiger partial charge in [0.05, 0.1) is 28.1 Å². The quantitative estimate of drug-likeness (QED) is 0.410. The van der Waals surface area contributed by atoms with Crippen molar-refractivity contribution in [1.82, 2.24) is 9.13 Å². The minimum atomic E-state index is -1.29. The first kappa shape index (κ1) is 23.7. The average molecular weight is 478 g/mol. The second-order valence-electron chi connectivity index (χ2n) is 8.13. The van der Waals surface area contributed by atoms with E-state index in [9.17, 15) is 33.1 Å². The normalized spacial score (nSPS) is 12.0. The number of aliphatic carboxylic acids is 1. The summed E-state index contributed by atoms with van der Waals surface area (Å²) >= 11 is 0. The highest BCUT2D eigenvalue weighted by molar-refractivity contribution is 5.98. The molecule has 1 N–H and O–H groups in total. The van der Waals surface area contributed by atoms with Gasteiger partial charge in [0.15, 0.2) is 5.78 Å². The zero-order chi connectivity index (χ0) is 25.3. The van der Waals surface area contributed by atoms with Gasteiger partial charge in [0.1, 0.15) is 11.6 Å². The molecule has 0 saturated carbocycles. The van der Waals surface area contributed by atoms with E-state index in [1.807, 2.05) is 0 Å². The zero-order valence-electron chi connectivity index (χ0n) is 18.6. The van der Waals surface area contributed by atoms with Gasteiger partial charge in [-0.15, -0.1) is 0 Å². The molecular weight excluding hydrogens is 458 g/mol. The fraction of sp³-hybridized carbons (Fsp3) is 0.154. The van der Waals surface area contributed by atoms with E-state index < -0.39 is 52.5 Å². The van der Waals surface area contributed by atoms with Gasteiger partial charge in [0, 0.05) is 13.5 Å². The Morgan fingerprint density at radius 3 is 2.17 bits per heavy atom. The van der Waals surface area contributed by atoms with E-state index in [1.54, 1.807) is 43.4 Å². The Hall–Kier alpha value is -4.40. The SMILES string of the molecule is Cn1c(=O)n(-c2ccc(CC(CC(=O)c3c(F)cccc3F)C(=O)O)cc2)c(=O)c2ccccc21. The number of fused-ring (bicyclic) bond motifs is 1. The van der Waals surface area contributed by atoms with Crippen molar-refractivity contribution in [2.24, 2.45) is 13.0 Å². The predicted molar refractivity (Wildman–Crippen MR) is 125 cm³/mol. The molecule has 0 bridgehead atoms. The lowest BCUT2D eigenvalue weighted by atomic mass is 9.92. The minimum Gasteiger partial charge on any atom is -0.481 e. The van der Waals surface area contributed by atoms with Crippen LogP contribution in [0.2, 0.25) is 0 Å². The van der Waals surface area contributed by atoms with E-state index in [1.165, 1.54) is 16.7 Å². The van der Waals surface area contributed by atoms with E-state index >= 15 is 0 Å². The molecule has 7 nitrogen and oxygen atoms in total. The number of Topliss-reactive ketones (excluding diaryl/α,β-unsaturated/α-hetero) is 1. The van der Waals surface area contributed by atoms with Crippen molar-refractivity contribution < 1.29 is 23.5 Å². The molecular formula is C26H20F2N2O5. The Balaban J connectivity index is 1.61. The van der Waals surface area contributed by atoms with Gasteiger partial charge in [0.2, 0.25) is 0 Å². The molecule has 0 fully saturated rings. The molecule has 0 amide bonds. The van der Waals surface area contributed by atoms with E-state index in [2.05, 4.69) is 0 Å². The molecule has 0 spiro atoms. The van der Waals surface area contributed by atoms with Crippen molar-refractivity contribution in [2.45, 2.75) is 12.8 Å². The van der Waals surface area contributed by atoms with Gasteiger partial charge < -0.3 is 5.11 Å². The van der Waals surface area contributed by atoms with E-state index in [0.717, 1.165) is 22.8 Å². The van der Waals surface area contributed by atoms with Crippen LogP contribution in [0.1, 0.15) is 22.3 Å². The van der Waals surface area contributed by atoms with Crippen LogP contribution in [0, 0.1) is 17.6 Å². The molecule has 4 aromatic rings. The van der Waals surface area contributed by atoms with Crippen molar-refractivity contribution in [1.29, 1.82) is 0 Å². The predicted octanol–water partition coefficient (Wildman–Crippen LogP) is 3.48. The number of para-hydroxylation sites is 1. The number of hydrogen-bond donors (Lipinski definition) is 1. The summed E-state index contributed by atoms with van der Waals surface area (Å²) < 4.78 is 30.2. The number of halogens is 2. The summed E-state index contributed by atoms with van der Waals surface area (Å²) in [7, 11) is 1.56. The molecule has 0 aliphatic carbocycles. The van der Waals surface area contributed by atoms with E-state index in [-0.39, 0.29) is 6.42 Å². The number of aryl methyl sites for hydroxylation is 1. The number of hydrogen-bond acceptors (Lipinski definition) is 4. The van der Waals surface area contributed by atoms with Gasteiger partial charge in [-0.05, 0) is 48.4 Å². The summed E-state index contributed by atoms with van der Waals surface area (Å²) in [6, 6.07) is 15.8. The van der Waals surface area contributed by atoms with Crippen LogP contribution in [0.5, 0.6) is 0 Å². The summed E-state index contributed by atoms with van der Waals surface area (Å²) in [5, 5.41) is 9.94. The molecule has 1 atom stereocenters. The summed E-state index contributed by atoms with van der Waals surface area (Å²) in [5.74, 6) is -5.57. The summed E-state index contributed by atoms with van der Waals surface area (Å²) in [6.07, 6.45) is -0.693. The number of rotatable bonds is 7. The molecule has 178 valence electrons. The maximum atomic E-state index is 13.9. The third-order valence-corrected chi connectivity index (χ3v) is 5.88. The molecule has 0 aliphatic rings. The van der Waals surface area contributed by atoms with Gasteiger partial charge in [-0.3, -0.25) is 19.0 Å². The van der Waals surface area contributed by atoms with Crippen LogP contribution in [0.4, 0.5) is 8.78 Å². The molecule has 1 aromatic heterocycles. The Kier molecular flexibility index (Phi) is 6.42. The van der Waals surface area contributed by atoms with Crippen LogP contribution in [0.25, 0.3) is 16.6 Å². The van der Waals surface area contributed by atoms with Gasteiger partial charge in [0.25, 0.3) is 5.56 Å². The Morgan fingerprint density at radius 1 is 0.914 bits per heavy atom. The third-order valence-electron chi connectivity index (χ3n) is 5.88. The molecule has 9 heteroatoms. The number of aromatic nitrogens is 2. The van der Waals surface area contributed by atoms with Crippen molar-refractivity contribution >= 4 is 22.7 Å². The summed E-state index contributed by atoms with van der Waals surface area (Å²) in [4.78, 5) is 49.9. The maximum absolute atomic E-state index is 13.9. The lowest BCUT2D eigenvalue weighted by Gasteiger charge is -2.14. The average Bonchev–Trinajstić information content (AvgIpc) is 2.83. The van der Waals surface area contributed by atoms with Crippen molar-refractivity contribution in [3.8, 4) is 5.69 Å². The lowest BCUT2D eigenvalue weighted by molar-refractivity contribution is -0.141. The molecule has 4 rings (SSSR count). The summed E-state index contributed by atoms with van der Waals surface area (Å²) in [5.41, 5.74) is -0.494. The fourth-order valence-corrected chi connectivity index (χ4v) is 4.04. The first-order chi connectivity index (χ1) is 16.7. The Morgan fingerprint density at radius 2 is 1.54 bits per heavy atom. The molecule has 1 heterocycles. The highest BCUT2D eigenvalue weighted by Crippen LogP contribution is 2.21. The first-order valence-electron chi connectivity index (χ1n) is 10.7. The van der Waals surface area contributed by atoms with Gasteiger partial charge in [-0.2, -0.15) is 0 Å². The van der Waals surface area contributed by atoms with E-state index in [0.29, 0.717) is 22.2 Å². The molecule has 0 radical (unpaired) electrons. The highest BCUT2D eigenvalue weighted by atomic mass is 19.1. The highest BCUT2D eigenvalue weighted by Gasteiger charge is 2.26. The van der Waals surface area contributed by atoms with Gasteiger partial charge in [-0.25, -0.2) is 18.1 Å². The second kappa shape index (κ2) is 9.46. The molecule has 0 aliphatic heterocycles. The number of ketones is 1. The first-order valence-corrected chi connectivity index (χ1v) is 10.7. The van der Waals surface area contributed by atoms with Crippen LogP contribution in [-0.4, -0.2) is 26.0 Å². The van der Waals surface area contributed by atoms with Crippen LogP contribution in [-0.2, 0) is 18.3 Å². The number of carbonyl (C=O) groups is 2. The molecule has 0 saturated heterocycles. The molecule has 1 unspecified atom stereocenters. The number of nitrogens with zero attached hydrogens (tertiary/aromatic N) is 2. The monoisotopic (exact) mass is 478 g/mol. The van der Waals surface area contributed by atoms with Gasteiger partial charge in [-0.1, -0.05) is 30.3 Å². The molecule has 35 heavy (non-hydrogen) atoms. The number of benzene rings is 3. The van der Waals surface area contributed by atoms with Crippen LogP contribution < -0.4 is 11.2 Å². The van der Waals surface area contributed by atoms with Crippen LogP contribution in [0.3, 0.4) is 0 Å². The topological polar surface area (TPSA) is 98.4 Å². The van der Waals surface area contributed by atoms with Crippen LogP contribution in [0.15, 0.2) is 76.3 Å². The standard InChI is InChI=1S/C26H20F2N2O5/c1-29-21-8-3-2-5-18(21)24(32)30(26(29)35)17-11-9-15(10-12-17)13-16(25(33)34)14-22(31)23-19(27)6-4-7-20(23)28/h2-12,16H,13-14H2,1H3,(H,33,34). The van der Waals surface area contributed by atoms with Crippen molar-refractivity contribution in [3.05, 3.63) is 110 Å². The van der Waals surface area contributed by atoms with Crippen molar-refractivity contribution in [2.75, 3.05) is 0 Å². The third kappa shape index (κ3) is 4.52. The van der Waals surface area contributed by atoms with Crippen LogP contribution >= 0.6 is 0 Å². The summed E-state index contributed by atoms with van der Waals surface area (Å²) in [6.45, 7) is 0. The smallest absolute Gasteiger partial charge is 0.335 e. The number of carbonyl (C=O) groups excluding carboxylic acids is 1. The lowest BCUT2D eigenvalue weighted by Crippen LogP contribution is -2.37.